The van der Waals surface area contributed by atoms with Crippen LogP contribution in [0.5, 0.6) is 0 Å². The standard InChI is InChI=1S/C25H27F2N7O/c1-31-11-13-34(14-12-31)17-9-7-16(8-10-17)29-25-28-15-20-23(30-25)33(3)22(24(35)32(20)2)21-18(26)5-4-6-19(21)27/h4-10,15,22H,11-14H2,1-3H3,(H,28,29,30). The summed E-state index contributed by atoms with van der Waals surface area (Å²) in [6, 6.07) is 10.4. The van der Waals surface area contributed by atoms with Gasteiger partial charge in [-0.2, -0.15) is 4.98 Å². The normalized spacial score (nSPS) is 18.6. The van der Waals surface area contributed by atoms with Crippen molar-refractivity contribution in [3.63, 3.8) is 0 Å². The smallest absolute Gasteiger partial charge is 0.254 e. The molecule has 1 N–H and O–H groups in total. The first-order chi connectivity index (χ1) is 16.8. The molecule has 5 rings (SSSR count). The lowest BCUT2D eigenvalue weighted by atomic mass is 10.0. The monoisotopic (exact) mass is 479 g/mol. The molecule has 35 heavy (non-hydrogen) atoms. The second-order valence-electron chi connectivity index (χ2n) is 8.91. The van der Waals surface area contributed by atoms with Gasteiger partial charge in [-0.05, 0) is 43.4 Å². The van der Waals surface area contributed by atoms with Gasteiger partial charge in [-0.1, -0.05) is 6.07 Å². The van der Waals surface area contributed by atoms with Crippen molar-refractivity contribution in [2.24, 2.45) is 0 Å². The summed E-state index contributed by atoms with van der Waals surface area (Å²) in [7, 11) is 5.28. The van der Waals surface area contributed by atoms with Gasteiger partial charge in [0.05, 0.1) is 11.8 Å². The summed E-state index contributed by atoms with van der Waals surface area (Å²) in [4.78, 5) is 29.5. The first kappa shape index (κ1) is 23.0. The van der Waals surface area contributed by atoms with E-state index < -0.39 is 23.6 Å². The van der Waals surface area contributed by atoms with E-state index in [2.05, 4.69) is 44.3 Å². The highest BCUT2D eigenvalue weighted by molar-refractivity contribution is 6.04. The van der Waals surface area contributed by atoms with Gasteiger partial charge >= 0.3 is 0 Å². The Bertz CT molecular complexity index is 1220. The Morgan fingerprint density at radius 3 is 2.26 bits per heavy atom. The second-order valence-corrected chi connectivity index (χ2v) is 8.91. The van der Waals surface area contributed by atoms with Crippen LogP contribution in [0.15, 0.2) is 48.7 Å². The molecule has 2 aliphatic rings. The van der Waals surface area contributed by atoms with E-state index in [1.54, 1.807) is 14.1 Å². The minimum absolute atomic E-state index is 0.301. The number of nitrogens with zero attached hydrogens (tertiary/aromatic N) is 6. The van der Waals surface area contributed by atoms with Crippen LogP contribution in [0.1, 0.15) is 11.6 Å². The molecule has 0 spiro atoms. The van der Waals surface area contributed by atoms with Gasteiger partial charge in [-0.15, -0.1) is 0 Å². The summed E-state index contributed by atoms with van der Waals surface area (Å²) < 4.78 is 29.1. The number of fused-ring (bicyclic) bond motifs is 1. The molecule has 1 aromatic heterocycles. The molecular weight excluding hydrogens is 452 g/mol. The Morgan fingerprint density at radius 2 is 1.60 bits per heavy atom. The van der Waals surface area contributed by atoms with Gasteiger partial charge in [0.2, 0.25) is 5.95 Å². The largest absolute Gasteiger partial charge is 0.369 e. The lowest BCUT2D eigenvalue weighted by Crippen LogP contribution is -2.46. The van der Waals surface area contributed by atoms with Crippen molar-refractivity contribution in [3.8, 4) is 0 Å². The summed E-state index contributed by atoms with van der Waals surface area (Å²) in [6.07, 6.45) is 1.53. The van der Waals surface area contributed by atoms with Gasteiger partial charge in [-0.25, -0.2) is 13.8 Å². The topological polar surface area (TPSA) is 67.8 Å². The van der Waals surface area contributed by atoms with E-state index in [1.165, 1.54) is 22.1 Å². The summed E-state index contributed by atoms with van der Waals surface area (Å²) in [5, 5.41) is 3.19. The lowest BCUT2D eigenvalue weighted by molar-refractivity contribution is -0.120. The van der Waals surface area contributed by atoms with Crippen molar-refractivity contribution >= 4 is 34.7 Å². The molecule has 0 radical (unpaired) electrons. The van der Waals surface area contributed by atoms with E-state index in [0.717, 1.165) is 49.7 Å². The van der Waals surface area contributed by atoms with Gasteiger partial charge in [0.1, 0.15) is 23.4 Å². The summed E-state index contributed by atoms with van der Waals surface area (Å²) in [6.45, 7) is 4.04. The van der Waals surface area contributed by atoms with E-state index >= 15 is 0 Å². The Labute approximate surface area is 202 Å². The van der Waals surface area contributed by atoms with Crippen molar-refractivity contribution in [2.45, 2.75) is 6.04 Å². The third-order valence-electron chi connectivity index (χ3n) is 6.66. The predicted molar refractivity (Wildman–Crippen MR) is 132 cm³/mol. The van der Waals surface area contributed by atoms with E-state index in [0.29, 0.717) is 17.5 Å². The number of rotatable bonds is 4. The van der Waals surface area contributed by atoms with Gasteiger partial charge in [-0.3, -0.25) is 4.79 Å². The number of hydrogen-bond acceptors (Lipinski definition) is 7. The summed E-state index contributed by atoms with van der Waals surface area (Å²) in [5.41, 5.74) is 2.12. The third kappa shape index (κ3) is 4.25. The van der Waals surface area contributed by atoms with Crippen LogP contribution in [-0.2, 0) is 4.79 Å². The number of halogens is 2. The molecule has 0 saturated carbocycles. The number of amides is 1. The van der Waals surface area contributed by atoms with Crippen molar-refractivity contribution in [2.75, 3.05) is 67.3 Å². The van der Waals surface area contributed by atoms with Crippen LogP contribution in [0.3, 0.4) is 0 Å². The van der Waals surface area contributed by atoms with Crippen LogP contribution in [0, 0.1) is 11.6 Å². The quantitative estimate of drug-likeness (QED) is 0.615. The molecule has 2 aromatic carbocycles. The van der Waals surface area contributed by atoms with Crippen molar-refractivity contribution in [3.05, 3.63) is 65.9 Å². The number of likely N-dealkylation sites (N-methyl/N-ethyl adjacent to an activating group) is 3. The average molecular weight is 480 g/mol. The minimum atomic E-state index is -1.18. The third-order valence-corrected chi connectivity index (χ3v) is 6.66. The maximum absolute atomic E-state index is 14.5. The SMILES string of the molecule is CN1CCN(c2ccc(Nc3ncc4c(n3)N(C)C(c3c(F)cccc3F)C(=O)N4C)cc2)CC1. The summed E-state index contributed by atoms with van der Waals surface area (Å²) in [5.74, 6) is -1.31. The molecule has 1 fully saturated rings. The number of carbonyl (C=O) groups excluding carboxylic acids is 1. The molecule has 3 heterocycles. The van der Waals surface area contributed by atoms with Gasteiger partial charge in [0.25, 0.3) is 5.91 Å². The average Bonchev–Trinajstić information content (AvgIpc) is 2.85. The molecule has 10 heteroatoms. The maximum atomic E-state index is 14.5. The van der Waals surface area contributed by atoms with Crippen LogP contribution < -0.4 is 20.0 Å². The number of piperazine rings is 1. The predicted octanol–water partition coefficient (Wildman–Crippen LogP) is 3.40. The van der Waals surface area contributed by atoms with Gasteiger partial charge < -0.3 is 24.9 Å². The van der Waals surface area contributed by atoms with Crippen LogP contribution in [0.4, 0.5) is 37.6 Å². The molecule has 3 aromatic rings. The number of hydrogen-bond donors (Lipinski definition) is 1. The maximum Gasteiger partial charge on any atom is 0.254 e. The lowest BCUT2D eigenvalue weighted by Gasteiger charge is -2.38. The number of anilines is 5. The highest BCUT2D eigenvalue weighted by atomic mass is 19.1. The van der Waals surface area contributed by atoms with Crippen molar-refractivity contribution < 1.29 is 13.6 Å². The Morgan fingerprint density at radius 1 is 0.943 bits per heavy atom. The molecular formula is C25H27F2N7O. The Balaban J connectivity index is 1.40. The molecule has 8 nitrogen and oxygen atoms in total. The van der Waals surface area contributed by atoms with E-state index in [1.807, 2.05) is 12.1 Å². The zero-order valence-corrected chi connectivity index (χ0v) is 19.9. The molecule has 2 aliphatic heterocycles. The van der Waals surface area contributed by atoms with Gasteiger partial charge in [0.15, 0.2) is 5.82 Å². The minimum Gasteiger partial charge on any atom is -0.369 e. The molecule has 1 saturated heterocycles. The highest BCUT2D eigenvalue weighted by Crippen LogP contribution is 2.40. The molecule has 0 bridgehead atoms. The molecule has 0 aliphatic carbocycles. The summed E-state index contributed by atoms with van der Waals surface area (Å²) >= 11 is 0. The number of aromatic nitrogens is 2. The van der Waals surface area contributed by atoms with E-state index in [9.17, 15) is 13.6 Å². The van der Waals surface area contributed by atoms with Crippen LogP contribution in [-0.4, -0.2) is 68.1 Å². The molecule has 1 atom stereocenters. The number of benzene rings is 2. The van der Waals surface area contributed by atoms with E-state index in [-0.39, 0.29) is 5.56 Å². The van der Waals surface area contributed by atoms with Crippen molar-refractivity contribution in [1.29, 1.82) is 0 Å². The molecule has 1 amide bonds. The fraction of sp³-hybridized carbons (Fsp3) is 0.320. The number of carbonyl (C=O) groups is 1. The van der Waals surface area contributed by atoms with Crippen LogP contribution in [0.2, 0.25) is 0 Å². The zero-order chi connectivity index (χ0) is 24.7. The Hall–Kier alpha value is -3.79. The molecule has 1 unspecified atom stereocenters. The van der Waals surface area contributed by atoms with Crippen LogP contribution >= 0.6 is 0 Å². The first-order valence-electron chi connectivity index (χ1n) is 11.5. The zero-order valence-electron chi connectivity index (χ0n) is 19.9. The highest BCUT2D eigenvalue weighted by Gasteiger charge is 2.40. The van der Waals surface area contributed by atoms with E-state index in [4.69, 9.17) is 0 Å². The second kappa shape index (κ2) is 9.10. The van der Waals surface area contributed by atoms with Gasteiger partial charge in [0, 0.05) is 51.6 Å². The fourth-order valence-electron chi connectivity index (χ4n) is 4.55. The van der Waals surface area contributed by atoms with Crippen molar-refractivity contribution in [1.82, 2.24) is 14.9 Å². The number of nitrogens with one attached hydrogen (secondary N) is 1. The van der Waals surface area contributed by atoms with Crippen LogP contribution in [0.25, 0.3) is 0 Å². The Kier molecular flexibility index (Phi) is 5.98. The molecule has 182 valence electrons. The fourth-order valence-corrected chi connectivity index (χ4v) is 4.55. The first-order valence-corrected chi connectivity index (χ1v) is 11.5.